The van der Waals surface area contributed by atoms with Crippen molar-refractivity contribution in [2.45, 2.75) is 19.6 Å². The van der Waals surface area contributed by atoms with E-state index < -0.39 is 0 Å². The predicted octanol–water partition coefficient (Wildman–Crippen LogP) is 4.60. The monoisotopic (exact) mass is 528 g/mol. The number of halogens is 4. The van der Waals surface area contributed by atoms with E-state index in [9.17, 15) is 0 Å². The third-order valence-corrected chi connectivity index (χ3v) is 4.75. The first-order valence-electron chi connectivity index (χ1n) is 8.90. The van der Waals surface area contributed by atoms with E-state index >= 15 is 0 Å². The maximum Gasteiger partial charge on any atom is 0.175 e. The van der Waals surface area contributed by atoms with Gasteiger partial charge >= 0.3 is 0 Å². The van der Waals surface area contributed by atoms with Crippen molar-refractivity contribution in [3.05, 3.63) is 57.0 Å². The van der Waals surface area contributed by atoms with Crippen LogP contribution in [0.15, 0.2) is 40.9 Å². The molecule has 2 aromatic carbocycles. The Labute approximate surface area is 198 Å². The molecule has 0 aliphatic carbocycles. The van der Waals surface area contributed by atoms with Gasteiger partial charge in [-0.2, -0.15) is 0 Å². The summed E-state index contributed by atoms with van der Waals surface area (Å²) in [6, 6.07) is 11.6. The summed E-state index contributed by atoms with van der Waals surface area (Å²) in [6.45, 7) is 3.78. The molecule has 0 saturated carbocycles. The van der Waals surface area contributed by atoms with Gasteiger partial charge in [-0.3, -0.25) is 0 Å². The average Bonchev–Trinajstić information content (AvgIpc) is 2.67. The minimum absolute atomic E-state index is 0. The van der Waals surface area contributed by atoms with Crippen LogP contribution in [0.3, 0.4) is 0 Å². The Hall–Kier alpha value is -0.730. The Balaban J connectivity index is 0.00000392. The summed E-state index contributed by atoms with van der Waals surface area (Å²) in [5, 5.41) is 16.0. The molecule has 164 valence electrons. The van der Waals surface area contributed by atoms with Crippen LogP contribution in [0.1, 0.15) is 17.5 Å². The summed E-state index contributed by atoms with van der Waals surface area (Å²) in [4.78, 5) is 0. The standard InChI is InChI=1S/C20H26BrClN2O3.2ClH/c1-26-19-12-16(13-24-8-2-7-23-9-10-25)11-18(21)20(19)27-14-15-3-5-17(22)6-4-15;;/h3-6,11-12,23-25H,2,7-10,13-14H2,1H3;2*1H. The van der Waals surface area contributed by atoms with Crippen molar-refractivity contribution in [2.75, 3.05) is 33.4 Å². The predicted molar refractivity (Wildman–Crippen MR) is 127 cm³/mol. The molecule has 0 spiro atoms. The van der Waals surface area contributed by atoms with Crippen LogP contribution in [0.2, 0.25) is 5.02 Å². The fourth-order valence-corrected chi connectivity index (χ4v) is 3.26. The fourth-order valence-electron chi connectivity index (χ4n) is 2.53. The van der Waals surface area contributed by atoms with Gasteiger partial charge in [-0.25, -0.2) is 0 Å². The minimum atomic E-state index is 0. The van der Waals surface area contributed by atoms with Gasteiger partial charge in [0.05, 0.1) is 18.2 Å². The van der Waals surface area contributed by atoms with E-state index in [4.69, 9.17) is 26.2 Å². The number of aliphatic hydroxyl groups is 1. The molecular weight excluding hydrogens is 502 g/mol. The summed E-state index contributed by atoms with van der Waals surface area (Å²) in [5.41, 5.74) is 2.15. The van der Waals surface area contributed by atoms with Crippen molar-refractivity contribution < 1.29 is 14.6 Å². The highest BCUT2D eigenvalue weighted by molar-refractivity contribution is 9.10. The zero-order valence-corrected chi connectivity index (χ0v) is 20.2. The number of methoxy groups -OCH3 is 1. The quantitative estimate of drug-likeness (QED) is 0.350. The van der Waals surface area contributed by atoms with Crippen LogP contribution < -0.4 is 20.1 Å². The van der Waals surface area contributed by atoms with Gasteiger partial charge in [-0.15, -0.1) is 24.8 Å². The first-order chi connectivity index (χ1) is 13.1. The van der Waals surface area contributed by atoms with Crippen LogP contribution in [0.5, 0.6) is 11.5 Å². The third-order valence-electron chi connectivity index (χ3n) is 3.91. The molecule has 0 radical (unpaired) electrons. The van der Waals surface area contributed by atoms with Crippen LogP contribution in [0, 0.1) is 0 Å². The highest BCUT2D eigenvalue weighted by Crippen LogP contribution is 2.37. The van der Waals surface area contributed by atoms with Crippen molar-refractivity contribution in [1.29, 1.82) is 0 Å². The normalized spacial score (nSPS) is 10.1. The molecule has 0 aromatic heterocycles. The molecule has 2 rings (SSSR count). The van der Waals surface area contributed by atoms with Crippen molar-refractivity contribution in [3.8, 4) is 11.5 Å². The van der Waals surface area contributed by atoms with Gasteiger partial charge in [0.25, 0.3) is 0 Å². The van der Waals surface area contributed by atoms with E-state index in [1.54, 1.807) is 7.11 Å². The summed E-state index contributed by atoms with van der Waals surface area (Å²) in [5.74, 6) is 1.38. The molecule has 5 nitrogen and oxygen atoms in total. The van der Waals surface area contributed by atoms with Gasteiger partial charge in [0.1, 0.15) is 6.61 Å². The second kappa shape index (κ2) is 16.0. The Morgan fingerprint density at radius 3 is 2.34 bits per heavy atom. The molecule has 9 heteroatoms. The molecule has 29 heavy (non-hydrogen) atoms. The number of aliphatic hydroxyl groups excluding tert-OH is 1. The summed E-state index contributed by atoms with van der Waals surface area (Å²) < 4.78 is 12.3. The van der Waals surface area contributed by atoms with Crippen LogP contribution in [0.25, 0.3) is 0 Å². The molecule has 0 aliphatic heterocycles. The van der Waals surface area contributed by atoms with Gasteiger partial charge < -0.3 is 25.2 Å². The number of nitrogens with one attached hydrogen (secondary N) is 2. The molecule has 2 aromatic rings. The Morgan fingerprint density at radius 2 is 1.69 bits per heavy atom. The van der Waals surface area contributed by atoms with Crippen LogP contribution in [-0.4, -0.2) is 38.5 Å². The average molecular weight is 531 g/mol. The molecular formula is C20H28BrCl3N2O3. The molecule has 0 bridgehead atoms. The lowest BCUT2D eigenvalue weighted by Crippen LogP contribution is -2.23. The van der Waals surface area contributed by atoms with E-state index in [0.717, 1.165) is 41.7 Å². The smallest absolute Gasteiger partial charge is 0.175 e. The second-order valence-electron chi connectivity index (χ2n) is 6.03. The molecule has 0 heterocycles. The van der Waals surface area contributed by atoms with Crippen molar-refractivity contribution in [1.82, 2.24) is 10.6 Å². The number of hydrogen-bond donors (Lipinski definition) is 3. The molecule has 0 amide bonds. The number of rotatable bonds is 12. The lowest BCUT2D eigenvalue weighted by molar-refractivity contribution is 0.282. The topological polar surface area (TPSA) is 62.8 Å². The molecule has 0 atom stereocenters. The van der Waals surface area contributed by atoms with Gasteiger partial charge in [0.15, 0.2) is 11.5 Å². The van der Waals surface area contributed by atoms with Gasteiger partial charge in [-0.1, -0.05) is 23.7 Å². The molecule has 0 saturated heterocycles. The number of benzene rings is 2. The zero-order chi connectivity index (χ0) is 19.5. The van der Waals surface area contributed by atoms with Crippen molar-refractivity contribution >= 4 is 52.3 Å². The van der Waals surface area contributed by atoms with Crippen molar-refractivity contribution in [3.63, 3.8) is 0 Å². The highest BCUT2D eigenvalue weighted by Gasteiger charge is 2.12. The maximum absolute atomic E-state index is 8.72. The Kier molecular flexibility index (Phi) is 15.6. The number of hydrogen-bond acceptors (Lipinski definition) is 5. The summed E-state index contributed by atoms with van der Waals surface area (Å²) in [6.07, 6.45) is 1.00. The Morgan fingerprint density at radius 1 is 1.00 bits per heavy atom. The minimum Gasteiger partial charge on any atom is -0.493 e. The molecule has 0 aliphatic rings. The first-order valence-corrected chi connectivity index (χ1v) is 10.1. The van der Waals surface area contributed by atoms with E-state index in [2.05, 4.69) is 26.6 Å². The van der Waals surface area contributed by atoms with E-state index in [-0.39, 0.29) is 31.4 Å². The fraction of sp³-hybridized carbons (Fsp3) is 0.400. The van der Waals surface area contributed by atoms with E-state index in [0.29, 0.717) is 29.7 Å². The zero-order valence-electron chi connectivity index (χ0n) is 16.2. The van der Waals surface area contributed by atoms with E-state index in [1.165, 1.54) is 0 Å². The SMILES string of the molecule is COc1cc(CNCCCNCCO)cc(Br)c1OCc1ccc(Cl)cc1.Cl.Cl. The van der Waals surface area contributed by atoms with E-state index in [1.807, 2.05) is 36.4 Å². The van der Waals surface area contributed by atoms with Crippen LogP contribution in [0.4, 0.5) is 0 Å². The lowest BCUT2D eigenvalue weighted by Gasteiger charge is -2.15. The van der Waals surface area contributed by atoms with Gasteiger partial charge in [0, 0.05) is 18.1 Å². The summed E-state index contributed by atoms with van der Waals surface area (Å²) >= 11 is 9.50. The third kappa shape index (κ3) is 10.2. The van der Waals surface area contributed by atoms with Crippen molar-refractivity contribution in [2.24, 2.45) is 0 Å². The number of ether oxygens (including phenoxy) is 2. The highest BCUT2D eigenvalue weighted by atomic mass is 79.9. The van der Waals surface area contributed by atoms with Gasteiger partial charge in [-0.05, 0) is 70.8 Å². The second-order valence-corrected chi connectivity index (χ2v) is 7.32. The maximum atomic E-state index is 8.72. The van der Waals surface area contributed by atoms with Gasteiger partial charge in [0.2, 0.25) is 0 Å². The van der Waals surface area contributed by atoms with Crippen LogP contribution in [-0.2, 0) is 13.2 Å². The molecule has 3 N–H and O–H groups in total. The molecule has 0 fully saturated rings. The Bertz CT molecular complexity index is 706. The first kappa shape index (κ1) is 28.3. The largest absolute Gasteiger partial charge is 0.493 e. The summed E-state index contributed by atoms with van der Waals surface area (Å²) in [7, 11) is 1.64. The van der Waals surface area contributed by atoms with Crippen LogP contribution >= 0.6 is 52.3 Å². The molecule has 0 unspecified atom stereocenters. The lowest BCUT2D eigenvalue weighted by atomic mass is 10.2.